The van der Waals surface area contributed by atoms with E-state index in [0.717, 1.165) is 21.8 Å². The van der Waals surface area contributed by atoms with Crippen LogP contribution in [-0.4, -0.2) is 18.0 Å². The predicted molar refractivity (Wildman–Crippen MR) is 97.6 cm³/mol. The van der Waals surface area contributed by atoms with Crippen molar-refractivity contribution >= 4 is 22.9 Å². The molecule has 3 aromatic rings. The number of methoxy groups -OCH3 is 1. The molecule has 0 aliphatic carbocycles. The molecule has 0 radical (unpaired) electrons. The van der Waals surface area contributed by atoms with Crippen LogP contribution in [0.3, 0.4) is 0 Å². The second-order valence-corrected chi connectivity index (χ2v) is 6.30. The van der Waals surface area contributed by atoms with Gasteiger partial charge in [-0.3, -0.25) is 4.79 Å². The van der Waals surface area contributed by atoms with E-state index in [9.17, 15) is 4.79 Å². The summed E-state index contributed by atoms with van der Waals surface area (Å²) in [5, 5.41) is 5.75. The van der Waals surface area contributed by atoms with Gasteiger partial charge in [0.25, 0.3) is 0 Å². The van der Waals surface area contributed by atoms with Gasteiger partial charge in [-0.1, -0.05) is 36.4 Å². The summed E-state index contributed by atoms with van der Waals surface area (Å²) in [5.74, 6) is 0.543. The van der Waals surface area contributed by atoms with Crippen LogP contribution in [0.5, 0.6) is 5.75 Å². The number of hydrogen-bond donors (Lipinski definition) is 1. The molecule has 0 aliphatic heterocycles. The fourth-order valence-corrected chi connectivity index (χ4v) is 3.21. The summed E-state index contributed by atoms with van der Waals surface area (Å²) in [6.45, 7) is 1.97. The van der Waals surface area contributed by atoms with Gasteiger partial charge in [0.15, 0.2) is 0 Å². The third kappa shape index (κ3) is 3.81. The van der Waals surface area contributed by atoms with Crippen LogP contribution in [-0.2, 0) is 11.2 Å². The highest BCUT2D eigenvalue weighted by Gasteiger charge is 2.11. The average Bonchev–Trinajstić information content (AvgIpc) is 3.04. The Morgan fingerprint density at radius 3 is 2.75 bits per heavy atom. The Balaban J connectivity index is 1.70. The van der Waals surface area contributed by atoms with Crippen molar-refractivity contribution in [1.29, 1.82) is 0 Å². The van der Waals surface area contributed by atoms with Gasteiger partial charge in [-0.15, -0.1) is 11.3 Å². The summed E-state index contributed by atoms with van der Waals surface area (Å²) in [7, 11) is 1.59. The lowest BCUT2D eigenvalue weighted by Crippen LogP contribution is -2.15. The number of carbonyl (C=O) groups excluding carboxylic acids is 1. The maximum absolute atomic E-state index is 12.3. The number of carbonyl (C=O) groups is 1. The molecule has 24 heavy (non-hydrogen) atoms. The number of rotatable bonds is 5. The van der Waals surface area contributed by atoms with Crippen molar-refractivity contribution in [3.63, 3.8) is 0 Å². The van der Waals surface area contributed by atoms with E-state index in [0.29, 0.717) is 11.4 Å². The van der Waals surface area contributed by atoms with Gasteiger partial charge in [-0.05, 0) is 24.6 Å². The van der Waals surface area contributed by atoms with E-state index in [2.05, 4.69) is 10.3 Å². The molecular weight excluding hydrogens is 320 g/mol. The van der Waals surface area contributed by atoms with Crippen LogP contribution in [0, 0.1) is 6.92 Å². The van der Waals surface area contributed by atoms with Gasteiger partial charge in [0.1, 0.15) is 10.8 Å². The van der Waals surface area contributed by atoms with Crippen LogP contribution in [0.15, 0.2) is 53.9 Å². The van der Waals surface area contributed by atoms with E-state index in [4.69, 9.17) is 4.74 Å². The van der Waals surface area contributed by atoms with E-state index in [1.54, 1.807) is 18.4 Å². The van der Waals surface area contributed by atoms with Crippen molar-refractivity contribution in [3.8, 4) is 16.3 Å². The van der Waals surface area contributed by atoms with Crippen molar-refractivity contribution in [2.75, 3.05) is 12.4 Å². The number of aryl methyl sites for hydroxylation is 1. The lowest BCUT2D eigenvalue weighted by molar-refractivity contribution is -0.115. The van der Waals surface area contributed by atoms with Gasteiger partial charge < -0.3 is 10.1 Å². The molecule has 0 fully saturated rings. The third-order valence-electron chi connectivity index (χ3n) is 3.54. The van der Waals surface area contributed by atoms with Gasteiger partial charge >= 0.3 is 0 Å². The van der Waals surface area contributed by atoms with Crippen LogP contribution < -0.4 is 10.1 Å². The topological polar surface area (TPSA) is 51.2 Å². The average molecular weight is 338 g/mol. The summed E-state index contributed by atoms with van der Waals surface area (Å²) >= 11 is 1.55. The summed E-state index contributed by atoms with van der Waals surface area (Å²) < 4.78 is 5.29. The molecule has 0 bridgehead atoms. The van der Waals surface area contributed by atoms with Crippen LogP contribution in [0.2, 0.25) is 0 Å². The van der Waals surface area contributed by atoms with Crippen LogP contribution in [0.25, 0.3) is 10.6 Å². The zero-order valence-electron chi connectivity index (χ0n) is 13.6. The molecule has 1 N–H and O–H groups in total. The van der Waals surface area contributed by atoms with Crippen LogP contribution >= 0.6 is 11.3 Å². The minimum absolute atomic E-state index is 0.108. The van der Waals surface area contributed by atoms with E-state index in [1.165, 1.54) is 0 Å². The maximum atomic E-state index is 12.3. The first kappa shape index (κ1) is 16.2. The Kier molecular flexibility index (Phi) is 4.91. The fraction of sp³-hybridized carbons (Fsp3) is 0.158. The van der Waals surface area contributed by atoms with E-state index in [-0.39, 0.29) is 12.3 Å². The second kappa shape index (κ2) is 7.27. The predicted octanol–water partition coefficient (Wildman–Crippen LogP) is 4.31. The summed E-state index contributed by atoms with van der Waals surface area (Å²) in [4.78, 5) is 16.9. The van der Waals surface area contributed by atoms with E-state index < -0.39 is 0 Å². The fourth-order valence-electron chi connectivity index (χ4n) is 2.38. The number of amides is 1. The first-order valence-corrected chi connectivity index (χ1v) is 8.48. The molecule has 1 amide bonds. The number of nitrogens with one attached hydrogen (secondary N) is 1. The summed E-state index contributed by atoms with van der Waals surface area (Å²) in [6.07, 6.45) is 0.237. The first-order valence-electron chi connectivity index (χ1n) is 7.60. The number of ether oxygens (including phenoxy) is 1. The third-order valence-corrected chi connectivity index (χ3v) is 4.48. The number of benzene rings is 2. The van der Waals surface area contributed by atoms with Gasteiger partial charge in [-0.2, -0.15) is 0 Å². The summed E-state index contributed by atoms with van der Waals surface area (Å²) in [6, 6.07) is 15.6. The van der Waals surface area contributed by atoms with Gasteiger partial charge in [0, 0.05) is 10.9 Å². The van der Waals surface area contributed by atoms with Crippen LogP contribution in [0.1, 0.15) is 11.3 Å². The van der Waals surface area contributed by atoms with E-state index >= 15 is 0 Å². The molecule has 5 heteroatoms. The molecule has 122 valence electrons. The zero-order chi connectivity index (χ0) is 16.9. The van der Waals surface area contributed by atoms with E-state index in [1.807, 2.05) is 60.8 Å². The lowest BCUT2D eigenvalue weighted by Gasteiger charge is -2.10. The number of hydrogen-bond acceptors (Lipinski definition) is 4. The largest absolute Gasteiger partial charge is 0.495 e. The first-order chi connectivity index (χ1) is 11.7. The molecule has 0 spiro atoms. The van der Waals surface area contributed by atoms with Gasteiger partial charge in [-0.25, -0.2) is 4.98 Å². The molecule has 1 heterocycles. The molecule has 0 unspecified atom stereocenters. The molecule has 4 nitrogen and oxygen atoms in total. The van der Waals surface area contributed by atoms with Crippen molar-refractivity contribution < 1.29 is 9.53 Å². The number of thiazole rings is 1. The smallest absolute Gasteiger partial charge is 0.230 e. The number of aromatic nitrogens is 1. The zero-order valence-corrected chi connectivity index (χ0v) is 14.4. The standard InChI is InChI=1S/C19H18N2O2S/c1-13-8-9-17(23-2)16(10-13)21-18(22)11-15-12-24-19(20-15)14-6-4-3-5-7-14/h3-10,12H,11H2,1-2H3,(H,21,22). The SMILES string of the molecule is COc1ccc(C)cc1NC(=O)Cc1csc(-c2ccccc2)n1. The molecule has 0 aliphatic rings. The monoisotopic (exact) mass is 338 g/mol. The minimum atomic E-state index is -0.108. The number of anilines is 1. The van der Waals surface area contributed by atoms with Gasteiger partial charge in [0.2, 0.25) is 5.91 Å². The highest BCUT2D eigenvalue weighted by Crippen LogP contribution is 2.26. The minimum Gasteiger partial charge on any atom is -0.495 e. The Morgan fingerprint density at radius 1 is 1.21 bits per heavy atom. The quantitative estimate of drug-likeness (QED) is 0.754. The number of nitrogens with zero attached hydrogens (tertiary/aromatic N) is 1. The molecule has 0 saturated carbocycles. The van der Waals surface area contributed by atoms with Crippen molar-refractivity contribution in [3.05, 3.63) is 65.2 Å². The van der Waals surface area contributed by atoms with Crippen molar-refractivity contribution in [1.82, 2.24) is 4.98 Å². The van der Waals surface area contributed by atoms with Crippen LogP contribution in [0.4, 0.5) is 5.69 Å². The lowest BCUT2D eigenvalue weighted by atomic mass is 10.2. The Hall–Kier alpha value is -2.66. The Bertz CT molecular complexity index is 844. The second-order valence-electron chi connectivity index (χ2n) is 5.44. The highest BCUT2D eigenvalue weighted by atomic mass is 32.1. The Labute approximate surface area is 145 Å². The highest BCUT2D eigenvalue weighted by molar-refractivity contribution is 7.13. The normalized spacial score (nSPS) is 10.4. The summed E-state index contributed by atoms with van der Waals surface area (Å²) in [5.41, 5.74) is 3.57. The molecule has 0 saturated heterocycles. The molecule has 2 aromatic carbocycles. The maximum Gasteiger partial charge on any atom is 0.230 e. The van der Waals surface area contributed by atoms with Gasteiger partial charge in [0.05, 0.1) is 24.9 Å². The van der Waals surface area contributed by atoms with Crippen molar-refractivity contribution in [2.45, 2.75) is 13.3 Å². The molecule has 3 rings (SSSR count). The molecule has 1 aromatic heterocycles. The van der Waals surface area contributed by atoms with Crippen molar-refractivity contribution in [2.24, 2.45) is 0 Å². The molecular formula is C19H18N2O2S. The Morgan fingerprint density at radius 2 is 2.00 bits per heavy atom. The molecule has 0 atom stereocenters.